The van der Waals surface area contributed by atoms with Crippen molar-refractivity contribution in [2.24, 2.45) is 5.73 Å². The van der Waals surface area contributed by atoms with E-state index in [1.807, 2.05) is 30.3 Å². The average Bonchev–Trinajstić information content (AvgIpc) is 2.78. The maximum Gasteiger partial charge on any atom is 0.152 e. The molecule has 2 aromatic heterocycles. The van der Waals surface area contributed by atoms with E-state index in [9.17, 15) is 0 Å². The Morgan fingerprint density at radius 3 is 2.63 bits per heavy atom. The van der Waals surface area contributed by atoms with Crippen LogP contribution in [0.1, 0.15) is 5.56 Å². The topological polar surface area (TPSA) is 82.2 Å². The molecule has 5 nitrogen and oxygen atoms in total. The highest BCUT2D eigenvalue weighted by Crippen LogP contribution is 2.31. The summed E-state index contributed by atoms with van der Waals surface area (Å²) in [5.41, 5.74) is 15.4. The predicted octanol–water partition coefficient (Wildman–Crippen LogP) is 2.20. The molecule has 3 rings (SSSR count). The van der Waals surface area contributed by atoms with E-state index in [1.54, 1.807) is 4.52 Å². The highest BCUT2D eigenvalue weighted by Gasteiger charge is 2.12. The van der Waals surface area contributed by atoms with Crippen molar-refractivity contribution in [2.45, 2.75) is 6.54 Å². The molecule has 0 saturated carbocycles. The molecule has 0 aliphatic heterocycles. The monoisotopic (exact) mass is 317 g/mol. The number of halogens is 1. The van der Waals surface area contributed by atoms with Crippen LogP contribution in [0, 0.1) is 0 Å². The van der Waals surface area contributed by atoms with Crippen molar-refractivity contribution in [2.75, 3.05) is 5.73 Å². The summed E-state index contributed by atoms with van der Waals surface area (Å²) >= 11 is 3.49. The summed E-state index contributed by atoms with van der Waals surface area (Å²) in [5.74, 6) is 0.451. The molecular weight excluding hydrogens is 306 g/mol. The lowest BCUT2D eigenvalue weighted by Gasteiger charge is -2.04. The van der Waals surface area contributed by atoms with Crippen LogP contribution >= 0.6 is 15.9 Å². The van der Waals surface area contributed by atoms with Crippen molar-refractivity contribution in [1.29, 1.82) is 0 Å². The summed E-state index contributed by atoms with van der Waals surface area (Å²) in [4.78, 5) is 4.00. The minimum absolute atomic E-state index is 0.451. The Morgan fingerprint density at radius 1 is 1.21 bits per heavy atom. The Hall–Kier alpha value is -1.92. The first kappa shape index (κ1) is 12.1. The molecule has 0 unspecified atom stereocenters. The highest BCUT2D eigenvalue weighted by molar-refractivity contribution is 9.10. The molecule has 96 valence electrons. The SMILES string of the molecule is NCc1ccc(-c2cc(Br)c3c(N)ncnn23)cc1. The van der Waals surface area contributed by atoms with Gasteiger partial charge in [-0.25, -0.2) is 9.50 Å². The van der Waals surface area contributed by atoms with E-state index < -0.39 is 0 Å². The lowest BCUT2D eigenvalue weighted by atomic mass is 10.1. The van der Waals surface area contributed by atoms with Crippen molar-refractivity contribution in [1.82, 2.24) is 14.6 Å². The van der Waals surface area contributed by atoms with Crippen LogP contribution in [-0.4, -0.2) is 14.6 Å². The number of fused-ring (bicyclic) bond motifs is 1. The van der Waals surface area contributed by atoms with Gasteiger partial charge < -0.3 is 11.5 Å². The van der Waals surface area contributed by atoms with Gasteiger partial charge in [0.1, 0.15) is 11.8 Å². The Bertz CT molecular complexity index is 733. The second-order valence-corrected chi connectivity index (χ2v) is 5.04. The zero-order valence-corrected chi connectivity index (χ0v) is 11.6. The summed E-state index contributed by atoms with van der Waals surface area (Å²) in [5, 5.41) is 4.25. The lowest BCUT2D eigenvalue weighted by Crippen LogP contribution is -2.00. The van der Waals surface area contributed by atoms with Gasteiger partial charge in [0.2, 0.25) is 0 Å². The molecule has 0 saturated heterocycles. The molecule has 6 heteroatoms. The van der Waals surface area contributed by atoms with E-state index in [2.05, 4.69) is 26.0 Å². The summed E-state index contributed by atoms with van der Waals surface area (Å²) in [6, 6.07) is 10.0. The van der Waals surface area contributed by atoms with Gasteiger partial charge in [0.15, 0.2) is 5.82 Å². The summed E-state index contributed by atoms with van der Waals surface area (Å²) in [6.45, 7) is 0.536. The zero-order chi connectivity index (χ0) is 13.4. The molecular formula is C13H12BrN5. The van der Waals surface area contributed by atoms with Crippen LogP contribution in [0.25, 0.3) is 16.8 Å². The quantitative estimate of drug-likeness (QED) is 0.759. The van der Waals surface area contributed by atoms with Gasteiger partial charge in [-0.2, -0.15) is 5.10 Å². The number of rotatable bonds is 2. The fourth-order valence-corrected chi connectivity index (χ4v) is 2.63. The van der Waals surface area contributed by atoms with Crippen LogP contribution in [0.5, 0.6) is 0 Å². The fraction of sp³-hybridized carbons (Fsp3) is 0.0769. The molecule has 1 aromatic carbocycles. The molecule has 0 amide bonds. The molecule has 0 bridgehead atoms. The molecule has 2 heterocycles. The smallest absolute Gasteiger partial charge is 0.152 e. The number of nitrogens with zero attached hydrogens (tertiary/aromatic N) is 3. The van der Waals surface area contributed by atoms with Crippen molar-refractivity contribution < 1.29 is 0 Å². The number of anilines is 1. The van der Waals surface area contributed by atoms with Crippen molar-refractivity contribution in [3.8, 4) is 11.3 Å². The summed E-state index contributed by atoms with van der Waals surface area (Å²) in [6.07, 6.45) is 1.45. The first-order valence-electron chi connectivity index (χ1n) is 5.78. The molecule has 4 N–H and O–H groups in total. The second kappa shape index (κ2) is 4.64. The largest absolute Gasteiger partial charge is 0.382 e. The van der Waals surface area contributed by atoms with Crippen LogP contribution in [-0.2, 0) is 6.54 Å². The Morgan fingerprint density at radius 2 is 1.95 bits per heavy atom. The fourth-order valence-electron chi connectivity index (χ4n) is 2.04. The van der Waals surface area contributed by atoms with Gasteiger partial charge in [0.05, 0.1) is 5.69 Å². The van der Waals surface area contributed by atoms with Gasteiger partial charge in [0.25, 0.3) is 0 Å². The van der Waals surface area contributed by atoms with Gasteiger partial charge in [0, 0.05) is 16.6 Å². The predicted molar refractivity (Wildman–Crippen MR) is 78.4 cm³/mol. The first-order valence-corrected chi connectivity index (χ1v) is 6.57. The third-order valence-corrected chi connectivity index (χ3v) is 3.63. The van der Waals surface area contributed by atoms with Crippen LogP contribution in [0.4, 0.5) is 5.82 Å². The number of nitrogen functional groups attached to an aromatic ring is 1. The maximum atomic E-state index is 5.88. The Labute approximate surface area is 118 Å². The summed E-state index contributed by atoms with van der Waals surface area (Å²) in [7, 11) is 0. The van der Waals surface area contributed by atoms with Gasteiger partial charge >= 0.3 is 0 Å². The second-order valence-electron chi connectivity index (χ2n) is 4.18. The summed E-state index contributed by atoms with van der Waals surface area (Å²) < 4.78 is 2.66. The number of aromatic nitrogens is 3. The van der Waals surface area contributed by atoms with Crippen LogP contribution in [0.15, 0.2) is 41.1 Å². The standard InChI is InChI=1S/C13H12BrN5/c14-10-5-11(9-3-1-8(6-15)2-4-9)19-12(10)13(16)17-7-18-19/h1-5,7H,6,15H2,(H2,16,17,18). The zero-order valence-electron chi connectivity index (χ0n) is 10.0. The van der Waals surface area contributed by atoms with Crippen LogP contribution in [0.2, 0.25) is 0 Å². The maximum absolute atomic E-state index is 5.88. The van der Waals surface area contributed by atoms with Gasteiger partial charge in [-0.15, -0.1) is 0 Å². The molecule has 0 atom stereocenters. The van der Waals surface area contributed by atoms with Crippen LogP contribution in [0.3, 0.4) is 0 Å². The third kappa shape index (κ3) is 1.98. The normalized spacial score (nSPS) is 11.1. The molecule has 0 aliphatic rings. The lowest BCUT2D eigenvalue weighted by molar-refractivity contribution is 0.913. The molecule has 3 aromatic rings. The molecule has 0 fully saturated rings. The number of hydrogen-bond acceptors (Lipinski definition) is 4. The molecule has 0 radical (unpaired) electrons. The number of hydrogen-bond donors (Lipinski definition) is 2. The Balaban J connectivity index is 2.22. The third-order valence-electron chi connectivity index (χ3n) is 3.02. The minimum Gasteiger partial charge on any atom is -0.382 e. The van der Waals surface area contributed by atoms with E-state index in [4.69, 9.17) is 11.5 Å². The van der Waals surface area contributed by atoms with Gasteiger partial charge in [-0.1, -0.05) is 24.3 Å². The number of benzene rings is 1. The van der Waals surface area contributed by atoms with E-state index in [0.29, 0.717) is 12.4 Å². The van der Waals surface area contributed by atoms with Gasteiger partial charge in [-0.05, 0) is 27.6 Å². The van der Waals surface area contributed by atoms with Gasteiger partial charge in [-0.3, -0.25) is 0 Å². The van der Waals surface area contributed by atoms with E-state index >= 15 is 0 Å². The van der Waals surface area contributed by atoms with E-state index in [1.165, 1.54) is 6.33 Å². The minimum atomic E-state index is 0.451. The van der Waals surface area contributed by atoms with E-state index in [-0.39, 0.29) is 0 Å². The highest BCUT2D eigenvalue weighted by atomic mass is 79.9. The van der Waals surface area contributed by atoms with Crippen molar-refractivity contribution in [3.05, 3.63) is 46.7 Å². The number of nitrogens with two attached hydrogens (primary N) is 2. The molecule has 0 spiro atoms. The molecule has 19 heavy (non-hydrogen) atoms. The molecule has 0 aliphatic carbocycles. The van der Waals surface area contributed by atoms with Crippen molar-refractivity contribution in [3.63, 3.8) is 0 Å². The average molecular weight is 318 g/mol. The van der Waals surface area contributed by atoms with Crippen molar-refractivity contribution >= 4 is 27.3 Å². The first-order chi connectivity index (χ1) is 9.20. The Kier molecular flexibility index (Phi) is 2.96. The van der Waals surface area contributed by atoms with Crippen LogP contribution < -0.4 is 11.5 Å². The van der Waals surface area contributed by atoms with E-state index in [0.717, 1.165) is 26.8 Å².